The Balaban J connectivity index is 1.43. The van der Waals surface area contributed by atoms with Crippen LogP contribution in [0.25, 0.3) is 5.69 Å². The number of carbonyl (C=O) groups is 1. The van der Waals surface area contributed by atoms with Crippen LogP contribution >= 0.6 is 0 Å². The second kappa shape index (κ2) is 8.06. The van der Waals surface area contributed by atoms with Crippen LogP contribution in [0.15, 0.2) is 77.4 Å². The summed E-state index contributed by atoms with van der Waals surface area (Å²) in [5.74, 6) is 0.656. The quantitative estimate of drug-likeness (QED) is 0.510. The van der Waals surface area contributed by atoms with Gasteiger partial charge in [0.1, 0.15) is 12.4 Å². The summed E-state index contributed by atoms with van der Waals surface area (Å²) in [5.41, 5.74) is 4.31. The van der Waals surface area contributed by atoms with Gasteiger partial charge in [0.15, 0.2) is 5.76 Å². The number of para-hydroxylation sites is 1. The van der Waals surface area contributed by atoms with E-state index in [9.17, 15) is 4.79 Å². The first-order valence-corrected chi connectivity index (χ1v) is 9.29. The van der Waals surface area contributed by atoms with E-state index in [2.05, 4.69) is 10.4 Å². The van der Waals surface area contributed by atoms with Crippen molar-refractivity contribution in [1.29, 1.82) is 0 Å². The summed E-state index contributed by atoms with van der Waals surface area (Å²) in [6.07, 6.45) is 1.49. The summed E-state index contributed by atoms with van der Waals surface area (Å²) < 4.78 is 13.0. The first kappa shape index (κ1) is 18.6. The Morgan fingerprint density at radius 3 is 2.52 bits per heavy atom. The summed E-state index contributed by atoms with van der Waals surface area (Å²) in [6, 6.07) is 20.7. The molecule has 0 unspecified atom stereocenters. The number of furan rings is 1. The van der Waals surface area contributed by atoms with E-state index in [1.54, 1.807) is 6.07 Å². The van der Waals surface area contributed by atoms with Crippen LogP contribution in [0.1, 0.15) is 27.5 Å². The van der Waals surface area contributed by atoms with Gasteiger partial charge in [0.2, 0.25) is 0 Å². The molecule has 6 heteroatoms. The second-order valence-corrected chi connectivity index (χ2v) is 6.72. The zero-order valence-corrected chi connectivity index (χ0v) is 16.3. The highest BCUT2D eigenvalue weighted by Gasteiger charge is 2.16. The fourth-order valence-corrected chi connectivity index (χ4v) is 3.09. The van der Waals surface area contributed by atoms with Gasteiger partial charge in [-0.25, -0.2) is 4.68 Å². The highest BCUT2D eigenvalue weighted by molar-refractivity contribution is 6.03. The predicted octanol–water partition coefficient (Wildman–Crippen LogP) is 4.91. The number of ether oxygens (including phenoxy) is 1. The molecule has 0 saturated carbocycles. The van der Waals surface area contributed by atoms with Crippen LogP contribution in [0, 0.1) is 13.8 Å². The Bertz CT molecular complexity index is 1110. The van der Waals surface area contributed by atoms with Gasteiger partial charge in [-0.3, -0.25) is 4.79 Å². The highest BCUT2D eigenvalue weighted by Crippen LogP contribution is 2.19. The van der Waals surface area contributed by atoms with Crippen molar-refractivity contribution in [1.82, 2.24) is 9.78 Å². The summed E-state index contributed by atoms with van der Waals surface area (Å²) in [4.78, 5) is 12.6. The number of rotatable bonds is 6. The van der Waals surface area contributed by atoms with Gasteiger partial charge in [0.05, 0.1) is 17.6 Å². The van der Waals surface area contributed by atoms with Gasteiger partial charge < -0.3 is 14.5 Å². The number of carbonyl (C=O) groups excluding carboxylic acids is 1. The summed E-state index contributed by atoms with van der Waals surface area (Å²) in [7, 11) is 0. The van der Waals surface area contributed by atoms with Crippen LogP contribution in [0.5, 0.6) is 5.75 Å². The molecule has 0 aliphatic rings. The predicted molar refractivity (Wildman–Crippen MR) is 110 cm³/mol. The molecule has 1 amide bonds. The molecule has 2 aromatic heterocycles. The molecule has 0 spiro atoms. The monoisotopic (exact) mass is 387 g/mol. The molecule has 29 heavy (non-hydrogen) atoms. The first-order valence-electron chi connectivity index (χ1n) is 9.29. The molecule has 0 radical (unpaired) electrons. The van der Waals surface area contributed by atoms with Gasteiger partial charge in [-0.05, 0) is 62.4 Å². The molecule has 0 bridgehead atoms. The highest BCUT2D eigenvalue weighted by atomic mass is 16.5. The minimum absolute atomic E-state index is 0.239. The number of aryl methyl sites for hydroxylation is 2. The topological polar surface area (TPSA) is 69.3 Å². The summed E-state index contributed by atoms with van der Waals surface area (Å²) in [6.45, 7) is 4.21. The van der Waals surface area contributed by atoms with E-state index in [4.69, 9.17) is 9.15 Å². The zero-order valence-electron chi connectivity index (χ0n) is 16.3. The van der Waals surface area contributed by atoms with Crippen molar-refractivity contribution in [2.75, 3.05) is 5.32 Å². The Kier molecular flexibility index (Phi) is 5.16. The van der Waals surface area contributed by atoms with Gasteiger partial charge in [-0.2, -0.15) is 5.10 Å². The van der Waals surface area contributed by atoms with E-state index in [0.717, 1.165) is 22.8 Å². The van der Waals surface area contributed by atoms with Crippen molar-refractivity contribution >= 4 is 11.6 Å². The average molecular weight is 387 g/mol. The third-order valence-electron chi connectivity index (χ3n) is 4.47. The SMILES string of the molecule is Cc1cc(C)n(-c2ccc(NC(=O)c3occc3COc3ccccc3)cc2)n1. The van der Waals surface area contributed by atoms with Crippen molar-refractivity contribution in [2.24, 2.45) is 0 Å². The largest absolute Gasteiger partial charge is 0.489 e. The zero-order chi connectivity index (χ0) is 20.2. The Morgan fingerprint density at radius 2 is 1.83 bits per heavy atom. The summed E-state index contributed by atoms with van der Waals surface area (Å²) >= 11 is 0. The van der Waals surface area contributed by atoms with Gasteiger partial charge in [-0.1, -0.05) is 18.2 Å². The summed E-state index contributed by atoms with van der Waals surface area (Å²) in [5, 5.41) is 7.33. The number of nitrogens with one attached hydrogen (secondary N) is 1. The van der Waals surface area contributed by atoms with Crippen molar-refractivity contribution in [3.8, 4) is 11.4 Å². The maximum absolute atomic E-state index is 12.6. The number of anilines is 1. The number of hydrogen-bond donors (Lipinski definition) is 1. The van der Waals surface area contributed by atoms with Gasteiger partial charge >= 0.3 is 0 Å². The van der Waals surface area contributed by atoms with Crippen molar-refractivity contribution in [3.63, 3.8) is 0 Å². The molecule has 2 heterocycles. The molecule has 2 aromatic carbocycles. The van der Waals surface area contributed by atoms with E-state index in [-0.39, 0.29) is 18.3 Å². The Hall–Kier alpha value is -3.80. The molecule has 1 N–H and O–H groups in total. The molecular weight excluding hydrogens is 366 g/mol. The molecule has 4 aromatic rings. The number of nitrogens with zero attached hydrogens (tertiary/aromatic N) is 2. The van der Waals surface area contributed by atoms with Crippen LogP contribution in [-0.4, -0.2) is 15.7 Å². The lowest BCUT2D eigenvalue weighted by Crippen LogP contribution is -2.13. The van der Waals surface area contributed by atoms with E-state index in [1.807, 2.05) is 79.2 Å². The maximum atomic E-state index is 12.6. The van der Waals surface area contributed by atoms with E-state index in [0.29, 0.717) is 11.3 Å². The van der Waals surface area contributed by atoms with Crippen LogP contribution in [0.4, 0.5) is 5.69 Å². The van der Waals surface area contributed by atoms with Gasteiger partial charge in [-0.15, -0.1) is 0 Å². The lowest BCUT2D eigenvalue weighted by molar-refractivity contribution is 0.0993. The average Bonchev–Trinajstić information content (AvgIpc) is 3.33. The maximum Gasteiger partial charge on any atom is 0.291 e. The van der Waals surface area contributed by atoms with Crippen molar-refractivity contribution < 1.29 is 13.9 Å². The minimum Gasteiger partial charge on any atom is -0.489 e. The smallest absolute Gasteiger partial charge is 0.291 e. The lowest BCUT2D eigenvalue weighted by Gasteiger charge is -2.09. The Morgan fingerprint density at radius 1 is 1.07 bits per heavy atom. The van der Waals surface area contributed by atoms with E-state index < -0.39 is 0 Å². The van der Waals surface area contributed by atoms with Crippen LogP contribution in [-0.2, 0) is 6.61 Å². The molecule has 6 nitrogen and oxygen atoms in total. The molecule has 4 rings (SSSR count). The van der Waals surface area contributed by atoms with Crippen LogP contribution < -0.4 is 10.1 Å². The van der Waals surface area contributed by atoms with Gasteiger partial charge in [0.25, 0.3) is 5.91 Å². The Labute approximate surface area is 168 Å². The lowest BCUT2D eigenvalue weighted by atomic mass is 10.2. The van der Waals surface area contributed by atoms with Crippen LogP contribution in [0.3, 0.4) is 0 Å². The van der Waals surface area contributed by atoms with Crippen LogP contribution in [0.2, 0.25) is 0 Å². The van der Waals surface area contributed by atoms with E-state index >= 15 is 0 Å². The number of benzene rings is 2. The molecule has 146 valence electrons. The molecule has 0 saturated heterocycles. The van der Waals surface area contributed by atoms with E-state index in [1.165, 1.54) is 6.26 Å². The first-order chi connectivity index (χ1) is 14.1. The normalized spacial score (nSPS) is 10.7. The third-order valence-corrected chi connectivity index (χ3v) is 4.47. The molecule has 0 aliphatic heterocycles. The minimum atomic E-state index is -0.319. The second-order valence-electron chi connectivity index (χ2n) is 6.72. The number of aromatic nitrogens is 2. The standard InChI is InChI=1S/C23H21N3O3/c1-16-14-17(2)26(25-16)20-10-8-19(9-11-20)24-23(27)22-18(12-13-28-22)15-29-21-6-4-3-5-7-21/h3-14H,15H2,1-2H3,(H,24,27). The number of hydrogen-bond acceptors (Lipinski definition) is 4. The molecule has 0 atom stereocenters. The third kappa shape index (κ3) is 4.21. The molecular formula is C23H21N3O3. The fraction of sp³-hybridized carbons (Fsp3) is 0.130. The fourth-order valence-electron chi connectivity index (χ4n) is 3.09. The van der Waals surface area contributed by atoms with Crippen molar-refractivity contribution in [3.05, 3.63) is 95.7 Å². The van der Waals surface area contributed by atoms with Gasteiger partial charge in [0, 0.05) is 16.9 Å². The number of amides is 1. The molecule has 0 aliphatic carbocycles. The molecule has 0 fully saturated rings. The van der Waals surface area contributed by atoms with Crippen molar-refractivity contribution in [2.45, 2.75) is 20.5 Å².